The van der Waals surface area contributed by atoms with Crippen molar-refractivity contribution in [2.75, 3.05) is 5.32 Å². The number of fused-ring (bicyclic) bond motifs is 1. The van der Waals surface area contributed by atoms with Crippen molar-refractivity contribution in [1.29, 1.82) is 0 Å². The fourth-order valence-electron chi connectivity index (χ4n) is 2.67. The molecule has 114 valence electrons. The smallest absolute Gasteiger partial charge is 0.257 e. The molecule has 0 saturated carbocycles. The lowest BCUT2D eigenvalue weighted by molar-refractivity contribution is -0.117. The van der Waals surface area contributed by atoms with Gasteiger partial charge in [0.05, 0.1) is 12.1 Å². The number of anilines is 1. The first-order chi connectivity index (χ1) is 10.6. The van der Waals surface area contributed by atoms with Crippen LogP contribution in [0.15, 0.2) is 23.6 Å². The number of hydrogen-bond donors (Lipinski definition) is 2. The van der Waals surface area contributed by atoms with E-state index in [0.717, 1.165) is 12.8 Å². The molecule has 0 aliphatic heterocycles. The van der Waals surface area contributed by atoms with E-state index in [4.69, 9.17) is 5.73 Å². The number of nitrogens with one attached hydrogen (secondary N) is 1. The summed E-state index contributed by atoms with van der Waals surface area (Å²) in [6.07, 6.45) is 4.63. The van der Waals surface area contributed by atoms with Crippen molar-refractivity contribution < 1.29 is 9.59 Å². The van der Waals surface area contributed by atoms with E-state index < -0.39 is 5.91 Å². The van der Waals surface area contributed by atoms with Crippen LogP contribution in [0.2, 0.25) is 0 Å². The Morgan fingerprint density at radius 3 is 2.77 bits per heavy atom. The summed E-state index contributed by atoms with van der Waals surface area (Å²) in [5.41, 5.74) is 8.98. The summed E-state index contributed by atoms with van der Waals surface area (Å²) in [6, 6.07) is 5.88. The summed E-state index contributed by atoms with van der Waals surface area (Å²) in [6.45, 7) is 0. The second kappa shape index (κ2) is 6.27. The second-order valence-electron chi connectivity index (χ2n) is 5.43. The van der Waals surface area contributed by atoms with Gasteiger partial charge >= 0.3 is 0 Å². The number of amides is 2. The number of aryl methyl sites for hydroxylation is 2. The van der Waals surface area contributed by atoms with Crippen molar-refractivity contribution in [3.05, 3.63) is 46.0 Å². The number of aromatic nitrogens is 1. The molecular formula is C16H17N3O2S. The van der Waals surface area contributed by atoms with Gasteiger partial charge in [-0.2, -0.15) is 0 Å². The molecular weight excluding hydrogens is 298 g/mol. The third-order valence-corrected chi connectivity index (χ3v) is 4.54. The molecule has 1 aromatic heterocycles. The van der Waals surface area contributed by atoms with Crippen LogP contribution >= 0.6 is 11.3 Å². The lowest BCUT2D eigenvalue weighted by Crippen LogP contribution is -2.15. The van der Waals surface area contributed by atoms with Gasteiger partial charge in [0.15, 0.2) is 5.13 Å². The van der Waals surface area contributed by atoms with Gasteiger partial charge in [0.25, 0.3) is 5.91 Å². The Hall–Kier alpha value is -2.21. The number of hydrogen-bond acceptors (Lipinski definition) is 4. The number of benzene rings is 1. The Bertz CT molecular complexity index is 724. The first kappa shape index (κ1) is 14.7. The molecule has 1 aliphatic carbocycles. The highest BCUT2D eigenvalue weighted by Crippen LogP contribution is 2.23. The van der Waals surface area contributed by atoms with Crippen molar-refractivity contribution in [2.45, 2.75) is 32.1 Å². The lowest BCUT2D eigenvalue weighted by atomic mass is 9.90. The highest BCUT2D eigenvalue weighted by molar-refractivity contribution is 7.14. The lowest BCUT2D eigenvalue weighted by Gasteiger charge is -2.16. The molecule has 3 rings (SSSR count). The second-order valence-corrected chi connectivity index (χ2v) is 6.29. The Morgan fingerprint density at radius 1 is 1.23 bits per heavy atom. The molecule has 0 fully saturated rings. The van der Waals surface area contributed by atoms with E-state index in [1.54, 1.807) is 5.38 Å². The van der Waals surface area contributed by atoms with Gasteiger partial charge in [-0.1, -0.05) is 6.07 Å². The monoisotopic (exact) mass is 315 g/mol. The van der Waals surface area contributed by atoms with Gasteiger partial charge in [0, 0.05) is 10.9 Å². The molecule has 1 aliphatic rings. The molecule has 0 saturated heterocycles. The minimum absolute atomic E-state index is 0.0885. The zero-order chi connectivity index (χ0) is 15.5. The standard InChI is InChI=1S/C16H17N3O2S/c17-14(20)8-13-9-22-16(18-13)19-15(21)12-6-5-10-3-1-2-4-11(10)7-12/h5-7,9H,1-4,8H2,(H2,17,20)(H,18,19,21). The molecule has 0 spiro atoms. The Morgan fingerprint density at radius 2 is 2.00 bits per heavy atom. The van der Waals surface area contributed by atoms with E-state index in [0.29, 0.717) is 16.4 Å². The number of nitrogens with two attached hydrogens (primary N) is 1. The number of primary amides is 1. The fraction of sp³-hybridized carbons (Fsp3) is 0.312. The maximum atomic E-state index is 12.3. The number of nitrogens with zero attached hydrogens (tertiary/aromatic N) is 1. The molecule has 2 amide bonds. The maximum absolute atomic E-state index is 12.3. The number of carbonyl (C=O) groups excluding carboxylic acids is 2. The molecule has 6 heteroatoms. The summed E-state index contributed by atoms with van der Waals surface area (Å²) in [5.74, 6) is -0.605. The van der Waals surface area contributed by atoms with Gasteiger partial charge in [-0.3, -0.25) is 14.9 Å². The Balaban J connectivity index is 1.71. The summed E-state index contributed by atoms with van der Waals surface area (Å²) in [5, 5.41) is 4.99. The van der Waals surface area contributed by atoms with Crippen molar-refractivity contribution in [1.82, 2.24) is 4.98 Å². The zero-order valence-corrected chi connectivity index (χ0v) is 12.9. The van der Waals surface area contributed by atoms with Crippen LogP contribution < -0.4 is 11.1 Å². The molecule has 0 radical (unpaired) electrons. The maximum Gasteiger partial charge on any atom is 0.257 e. The van der Waals surface area contributed by atoms with E-state index in [-0.39, 0.29) is 12.3 Å². The normalized spacial score (nSPS) is 13.5. The molecule has 1 aromatic carbocycles. The van der Waals surface area contributed by atoms with Gasteiger partial charge in [-0.05, 0) is 48.9 Å². The van der Waals surface area contributed by atoms with Crippen molar-refractivity contribution >= 4 is 28.3 Å². The molecule has 22 heavy (non-hydrogen) atoms. The van der Waals surface area contributed by atoms with E-state index >= 15 is 0 Å². The van der Waals surface area contributed by atoms with Gasteiger partial charge in [-0.25, -0.2) is 4.98 Å². The van der Waals surface area contributed by atoms with Gasteiger partial charge in [0.2, 0.25) is 5.91 Å². The summed E-state index contributed by atoms with van der Waals surface area (Å²) >= 11 is 1.29. The number of thiazole rings is 1. The zero-order valence-electron chi connectivity index (χ0n) is 12.1. The summed E-state index contributed by atoms with van der Waals surface area (Å²) in [7, 11) is 0. The van der Waals surface area contributed by atoms with Crippen LogP contribution in [0.4, 0.5) is 5.13 Å². The van der Waals surface area contributed by atoms with E-state index in [9.17, 15) is 9.59 Å². The van der Waals surface area contributed by atoms with Gasteiger partial charge in [-0.15, -0.1) is 11.3 Å². The molecule has 1 heterocycles. The average molecular weight is 315 g/mol. The first-order valence-electron chi connectivity index (χ1n) is 7.27. The molecule has 0 bridgehead atoms. The van der Waals surface area contributed by atoms with Crippen LogP contribution in [0.25, 0.3) is 0 Å². The third kappa shape index (κ3) is 3.33. The van der Waals surface area contributed by atoms with E-state index in [1.807, 2.05) is 18.2 Å². The van der Waals surface area contributed by atoms with Crippen molar-refractivity contribution in [3.8, 4) is 0 Å². The molecule has 5 nitrogen and oxygen atoms in total. The Labute approximate surface area is 132 Å². The largest absolute Gasteiger partial charge is 0.369 e. The van der Waals surface area contributed by atoms with Crippen LogP contribution in [-0.4, -0.2) is 16.8 Å². The van der Waals surface area contributed by atoms with Crippen LogP contribution in [0.3, 0.4) is 0 Å². The SMILES string of the molecule is NC(=O)Cc1csc(NC(=O)c2ccc3c(c2)CCCC3)n1. The fourth-order valence-corrected chi connectivity index (χ4v) is 3.37. The van der Waals surface area contributed by atoms with Crippen molar-refractivity contribution in [3.63, 3.8) is 0 Å². The highest BCUT2D eigenvalue weighted by atomic mass is 32.1. The minimum atomic E-state index is -0.433. The van der Waals surface area contributed by atoms with E-state index in [2.05, 4.69) is 10.3 Å². The minimum Gasteiger partial charge on any atom is -0.369 e. The highest BCUT2D eigenvalue weighted by Gasteiger charge is 2.14. The van der Waals surface area contributed by atoms with Gasteiger partial charge in [0.1, 0.15) is 0 Å². The average Bonchev–Trinajstić information content (AvgIpc) is 2.93. The van der Waals surface area contributed by atoms with Crippen LogP contribution in [0.1, 0.15) is 40.0 Å². The van der Waals surface area contributed by atoms with Crippen LogP contribution in [-0.2, 0) is 24.1 Å². The molecule has 2 aromatic rings. The van der Waals surface area contributed by atoms with Crippen molar-refractivity contribution in [2.24, 2.45) is 5.73 Å². The summed E-state index contributed by atoms with van der Waals surface area (Å²) < 4.78 is 0. The third-order valence-electron chi connectivity index (χ3n) is 3.74. The first-order valence-corrected chi connectivity index (χ1v) is 8.15. The van der Waals surface area contributed by atoms with Gasteiger partial charge < -0.3 is 5.73 Å². The topological polar surface area (TPSA) is 85.1 Å². The quantitative estimate of drug-likeness (QED) is 0.908. The molecule has 3 N–H and O–H groups in total. The predicted molar refractivity (Wildman–Crippen MR) is 86.0 cm³/mol. The summed E-state index contributed by atoms with van der Waals surface area (Å²) in [4.78, 5) is 27.3. The number of carbonyl (C=O) groups is 2. The van der Waals surface area contributed by atoms with E-state index in [1.165, 1.54) is 35.3 Å². The Kier molecular flexibility index (Phi) is 4.20. The van der Waals surface area contributed by atoms with Crippen LogP contribution in [0.5, 0.6) is 0 Å². The number of rotatable bonds is 4. The van der Waals surface area contributed by atoms with Crippen LogP contribution in [0, 0.1) is 0 Å². The molecule has 0 unspecified atom stereocenters. The predicted octanol–water partition coefficient (Wildman–Crippen LogP) is 2.30. The molecule has 0 atom stereocenters.